The molecule has 9 nitrogen and oxygen atoms in total. The number of nitrogens with zero attached hydrogens (tertiary/aromatic N) is 3. The number of hydrogen-bond donors (Lipinski definition) is 2. The van der Waals surface area contributed by atoms with Gasteiger partial charge in [0.05, 0.1) is 23.9 Å². The predicted octanol–water partition coefficient (Wildman–Crippen LogP) is 2.60. The second-order valence-corrected chi connectivity index (χ2v) is 11.1. The second-order valence-electron chi connectivity index (χ2n) is 8.25. The molecule has 11 heteroatoms. The minimum Gasteiger partial charge on any atom is -0.379 e. The molecule has 0 bridgehead atoms. The third-order valence-corrected chi connectivity index (χ3v) is 8.63. The van der Waals surface area contributed by atoms with Gasteiger partial charge in [-0.3, -0.25) is 9.89 Å². The van der Waals surface area contributed by atoms with Crippen molar-refractivity contribution in [3.63, 3.8) is 0 Å². The van der Waals surface area contributed by atoms with Crippen LogP contribution >= 0.6 is 11.8 Å². The fourth-order valence-corrected chi connectivity index (χ4v) is 6.12. The zero-order valence-corrected chi connectivity index (χ0v) is 19.8. The van der Waals surface area contributed by atoms with Crippen LogP contribution in [0.3, 0.4) is 0 Å². The fourth-order valence-electron chi connectivity index (χ4n) is 4.07. The summed E-state index contributed by atoms with van der Waals surface area (Å²) in [6, 6.07) is 4.81. The number of morpholine rings is 1. The molecule has 0 spiro atoms. The molecule has 0 radical (unpaired) electrons. The van der Waals surface area contributed by atoms with Gasteiger partial charge < -0.3 is 10.1 Å². The Morgan fingerprint density at radius 2 is 2.03 bits per heavy atom. The number of rotatable bonds is 8. The number of carbonyl (C=O) groups excluding carboxylic acids is 1. The summed E-state index contributed by atoms with van der Waals surface area (Å²) in [5.41, 5.74) is 1.28. The summed E-state index contributed by atoms with van der Waals surface area (Å²) >= 11 is 1.26. The van der Waals surface area contributed by atoms with Gasteiger partial charge in [-0.05, 0) is 30.5 Å². The summed E-state index contributed by atoms with van der Waals surface area (Å²) in [4.78, 5) is 17.2. The number of hydrogen-bond acceptors (Lipinski definition) is 7. The molecule has 2 heterocycles. The lowest BCUT2D eigenvalue weighted by atomic mass is 10.0. The molecular weight excluding hydrogens is 450 g/mol. The van der Waals surface area contributed by atoms with Gasteiger partial charge in [0, 0.05) is 25.2 Å². The molecule has 2 aromatic rings. The Morgan fingerprint density at radius 1 is 1.28 bits per heavy atom. The van der Waals surface area contributed by atoms with E-state index in [4.69, 9.17) is 4.74 Å². The van der Waals surface area contributed by atoms with Gasteiger partial charge in [-0.1, -0.05) is 43.5 Å². The van der Waals surface area contributed by atoms with Crippen molar-refractivity contribution in [2.24, 2.45) is 5.92 Å². The van der Waals surface area contributed by atoms with Crippen LogP contribution in [0, 0.1) is 12.8 Å². The summed E-state index contributed by atoms with van der Waals surface area (Å²) in [6.07, 6.45) is 5.96. The van der Waals surface area contributed by atoms with E-state index >= 15 is 0 Å². The highest BCUT2D eigenvalue weighted by molar-refractivity contribution is 7.99. The Labute approximate surface area is 192 Å². The zero-order valence-electron chi connectivity index (χ0n) is 18.2. The molecule has 1 aromatic heterocycles. The van der Waals surface area contributed by atoms with Crippen molar-refractivity contribution in [1.29, 1.82) is 0 Å². The van der Waals surface area contributed by atoms with E-state index < -0.39 is 10.0 Å². The standard InChI is InChI=1S/C21H29N5O4S2/c1-15-6-7-17(32(28,29)26-8-10-30-11-9-26)13-18(15)22-20(27)14-31-21-23-19(24-25-21)12-16-4-2-3-5-16/h6-7,13,16H,2-5,8-12,14H2,1H3,(H,22,27)(H,23,24,25). The number of aromatic nitrogens is 3. The molecule has 32 heavy (non-hydrogen) atoms. The van der Waals surface area contributed by atoms with Crippen molar-refractivity contribution < 1.29 is 17.9 Å². The normalized spacial score (nSPS) is 18.2. The number of amides is 1. The molecule has 2 aliphatic rings. The molecule has 1 aliphatic carbocycles. The quantitative estimate of drug-likeness (QED) is 0.559. The number of anilines is 1. The highest BCUT2D eigenvalue weighted by Crippen LogP contribution is 2.28. The van der Waals surface area contributed by atoms with E-state index in [1.165, 1.54) is 47.8 Å². The Kier molecular flexibility index (Phi) is 7.49. The predicted molar refractivity (Wildman–Crippen MR) is 122 cm³/mol. The van der Waals surface area contributed by atoms with Crippen LogP contribution in [-0.4, -0.2) is 65.9 Å². The lowest BCUT2D eigenvalue weighted by Gasteiger charge is -2.26. The SMILES string of the molecule is Cc1ccc(S(=O)(=O)N2CCOCC2)cc1NC(=O)CSc1n[nH]c(CC2CCCC2)n1. The number of H-pyrrole nitrogens is 1. The van der Waals surface area contributed by atoms with Crippen molar-refractivity contribution in [1.82, 2.24) is 19.5 Å². The molecule has 0 unspecified atom stereocenters. The van der Waals surface area contributed by atoms with Crippen molar-refractivity contribution in [3.8, 4) is 0 Å². The van der Waals surface area contributed by atoms with Crippen molar-refractivity contribution in [2.75, 3.05) is 37.4 Å². The summed E-state index contributed by atoms with van der Waals surface area (Å²) in [5.74, 6) is 1.45. The van der Waals surface area contributed by atoms with E-state index in [1.54, 1.807) is 12.1 Å². The lowest BCUT2D eigenvalue weighted by molar-refractivity contribution is -0.113. The Morgan fingerprint density at radius 3 is 2.78 bits per heavy atom. The minimum atomic E-state index is -3.63. The van der Waals surface area contributed by atoms with Gasteiger partial charge in [-0.2, -0.15) is 4.31 Å². The molecule has 4 rings (SSSR count). The number of sulfonamides is 1. The Hall–Kier alpha value is -1.95. The highest BCUT2D eigenvalue weighted by atomic mass is 32.2. The lowest BCUT2D eigenvalue weighted by Crippen LogP contribution is -2.40. The molecule has 0 atom stereocenters. The molecule has 174 valence electrons. The Bertz CT molecular complexity index is 1040. The highest BCUT2D eigenvalue weighted by Gasteiger charge is 2.27. The van der Waals surface area contributed by atoms with Gasteiger partial charge in [-0.15, -0.1) is 5.10 Å². The fraction of sp³-hybridized carbons (Fsp3) is 0.571. The monoisotopic (exact) mass is 479 g/mol. The summed E-state index contributed by atoms with van der Waals surface area (Å²) < 4.78 is 32.5. The molecule has 2 N–H and O–H groups in total. The third-order valence-electron chi connectivity index (χ3n) is 5.89. The van der Waals surface area contributed by atoms with E-state index in [-0.39, 0.29) is 16.6 Å². The molecule has 2 fully saturated rings. The van der Waals surface area contributed by atoms with E-state index in [0.717, 1.165) is 17.8 Å². The molecule has 1 saturated carbocycles. The maximum atomic E-state index is 12.9. The largest absolute Gasteiger partial charge is 0.379 e. The molecule has 1 aliphatic heterocycles. The van der Waals surface area contributed by atoms with Crippen LogP contribution in [0.5, 0.6) is 0 Å². The van der Waals surface area contributed by atoms with Crippen molar-refractivity contribution in [2.45, 2.75) is 49.1 Å². The average molecular weight is 480 g/mol. The first-order chi connectivity index (χ1) is 15.4. The number of ether oxygens (including phenoxy) is 1. The van der Waals surface area contributed by atoms with Gasteiger partial charge in [0.1, 0.15) is 5.82 Å². The maximum absolute atomic E-state index is 12.9. The number of carbonyl (C=O) groups is 1. The number of benzene rings is 1. The van der Waals surface area contributed by atoms with Crippen molar-refractivity contribution >= 4 is 33.4 Å². The van der Waals surface area contributed by atoms with Crippen LogP contribution in [0.1, 0.15) is 37.1 Å². The first-order valence-electron chi connectivity index (χ1n) is 10.9. The number of thioether (sulfide) groups is 1. The topological polar surface area (TPSA) is 117 Å². The van der Waals surface area contributed by atoms with Gasteiger partial charge in [0.15, 0.2) is 0 Å². The second kappa shape index (κ2) is 10.3. The minimum absolute atomic E-state index is 0.139. The zero-order chi connectivity index (χ0) is 22.6. The number of aryl methyl sites for hydroxylation is 1. The molecule has 1 saturated heterocycles. The molecular formula is C21H29N5O4S2. The maximum Gasteiger partial charge on any atom is 0.243 e. The smallest absolute Gasteiger partial charge is 0.243 e. The number of aromatic amines is 1. The van der Waals surface area contributed by atoms with Crippen molar-refractivity contribution in [3.05, 3.63) is 29.6 Å². The van der Waals surface area contributed by atoms with Crippen LogP contribution in [-0.2, 0) is 26.0 Å². The Balaban J connectivity index is 1.35. The summed E-state index contributed by atoms with van der Waals surface area (Å²) in [5, 5.41) is 10.6. The van der Waals surface area contributed by atoms with Crippen LogP contribution in [0.4, 0.5) is 5.69 Å². The van der Waals surface area contributed by atoms with Gasteiger partial charge in [-0.25, -0.2) is 13.4 Å². The van der Waals surface area contributed by atoms with Gasteiger partial charge >= 0.3 is 0 Å². The van der Waals surface area contributed by atoms with Gasteiger partial charge in [0.2, 0.25) is 21.1 Å². The van der Waals surface area contributed by atoms with Crippen LogP contribution < -0.4 is 5.32 Å². The summed E-state index contributed by atoms with van der Waals surface area (Å²) in [7, 11) is -3.63. The van der Waals surface area contributed by atoms with E-state index in [0.29, 0.717) is 43.1 Å². The van der Waals surface area contributed by atoms with Crippen LogP contribution in [0.25, 0.3) is 0 Å². The van der Waals surface area contributed by atoms with E-state index in [1.807, 2.05) is 6.92 Å². The van der Waals surface area contributed by atoms with Crippen LogP contribution in [0.2, 0.25) is 0 Å². The van der Waals surface area contributed by atoms with E-state index in [2.05, 4.69) is 20.5 Å². The van der Waals surface area contributed by atoms with E-state index in [9.17, 15) is 13.2 Å². The summed E-state index contributed by atoms with van der Waals surface area (Å²) in [6.45, 7) is 3.26. The molecule has 1 aromatic carbocycles. The van der Waals surface area contributed by atoms with Crippen LogP contribution in [0.15, 0.2) is 28.3 Å². The average Bonchev–Trinajstić information content (AvgIpc) is 3.47. The van der Waals surface area contributed by atoms with Gasteiger partial charge in [0.25, 0.3) is 0 Å². The third kappa shape index (κ3) is 5.69. The first-order valence-corrected chi connectivity index (χ1v) is 13.4. The number of nitrogens with one attached hydrogen (secondary N) is 2. The first kappa shape index (κ1) is 23.2. The molecule has 1 amide bonds.